The normalized spacial score (nSPS) is 14.7. The van der Waals surface area contributed by atoms with E-state index in [1.165, 1.54) is 0 Å². The maximum Gasteiger partial charge on any atom is 0.310 e. The molecular weight excluding hydrogens is 296 g/mol. The highest BCUT2D eigenvalue weighted by atomic mass is 32.2. The van der Waals surface area contributed by atoms with Crippen LogP contribution in [0.4, 0.5) is 0 Å². The summed E-state index contributed by atoms with van der Waals surface area (Å²) in [7, 11) is 0. The van der Waals surface area contributed by atoms with Crippen molar-refractivity contribution in [3.63, 3.8) is 0 Å². The van der Waals surface area contributed by atoms with E-state index in [0.29, 0.717) is 12.0 Å². The van der Waals surface area contributed by atoms with Crippen LogP contribution < -0.4 is 0 Å². The molecule has 1 N–H and O–H groups in total. The van der Waals surface area contributed by atoms with Gasteiger partial charge in [0.05, 0.1) is 5.92 Å². The van der Waals surface area contributed by atoms with Crippen LogP contribution in [-0.2, 0) is 10.5 Å². The van der Waals surface area contributed by atoms with Gasteiger partial charge in [0.2, 0.25) is 0 Å². The van der Waals surface area contributed by atoms with E-state index in [0.717, 1.165) is 27.3 Å². The molecule has 22 heavy (non-hydrogen) atoms. The first-order valence-electron chi connectivity index (χ1n) is 7.24. The number of hydrogen-bond donors (Lipinski definition) is 1. The van der Waals surface area contributed by atoms with Gasteiger partial charge in [-0.25, -0.2) is 0 Å². The molecular formula is C18H16O3S. The minimum atomic E-state index is -0.823. The summed E-state index contributed by atoms with van der Waals surface area (Å²) in [5.41, 5.74) is 3.20. The van der Waals surface area contributed by atoms with Gasteiger partial charge in [-0.05, 0) is 29.7 Å². The Morgan fingerprint density at radius 2 is 2.00 bits per heavy atom. The predicted molar refractivity (Wildman–Crippen MR) is 86.5 cm³/mol. The molecule has 0 unspecified atom stereocenters. The molecule has 3 rings (SSSR count). The van der Waals surface area contributed by atoms with Crippen LogP contribution in [-0.4, -0.2) is 16.9 Å². The largest absolute Gasteiger partial charge is 0.481 e. The molecule has 0 aromatic heterocycles. The van der Waals surface area contributed by atoms with E-state index in [9.17, 15) is 14.7 Å². The van der Waals surface area contributed by atoms with E-state index >= 15 is 0 Å². The molecule has 1 atom stereocenters. The van der Waals surface area contributed by atoms with Gasteiger partial charge in [0, 0.05) is 21.8 Å². The lowest BCUT2D eigenvalue weighted by atomic mass is 9.93. The lowest BCUT2D eigenvalue weighted by Gasteiger charge is -2.13. The second-order valence-corrected chi connectivity index (χ2v) is 6.35. The zero-order chi connectivity index (χ0) is 15.7. The van der Waals surface area contributed by atoms with Crippen LogP contribution in [0.2, 0.25) is 0 Å². The number of fused-ring (bicyclic) bond motifs is 2. The number of carbonyl (C=O) groups excluding carboxylic acids is 1. The molecule has 4 heteroatoms. The highest BCUT2D eigenvalue weighted by Crippen LogP contribution is 2.36. The summed E-state index contributed by atoms with van der Waals surface area (Å²) in [6.07, 6.45) is 0.535. The molecule has 1 heterocycles. The lowest BCUT2D eigenvalue weighted by Crippen LogP contribution is -2.11. The van der Waals surface area contributed by atoms with Crippen molar-refractivity contribution in [2.75, 3.05) is 0 Å². The second kappa shape index (κ2) is 5.97. The van der Waals surface area contributed by atoms with E-state index in [-0.39, 0.29) is 5.78 Å². The van der Waals surface area contributed by atoms with Crippen molar-refractivity contribution in [3.8, 4) is 0 Å². The Balaban J connectivity index is 2.05. The fraction of sp³-hybridized carbons (Fsp3) is 0.222. The summed E-state index contributed by atoms with van der Waals surface area (Å²) in [4.78, 5) is 24.9. The van der Waals surface area contributed by atoms with Crippen molar-refractivity contribution >= 4 is 23.5 Å². The number of hydrogen-bond acceptors (Lipinski definition) is 3. The van der Waals surface area contributed by atoms with Crippen LogP contribution in [0.3, 0.4) is 0 Å². The molecule has 0 bridgehead atoms. The van der Waals surface area contributed by atoms with E-state index < -0.39 is 11.9 Å². The van der Waals surface area contributed by atoms with Gasteiger partial charge in [-0.15, -0.1) is 11.8 Å². The average Bonchev–Trinajstić information content (AvgIpc) is 2.66. The van der Waals surface area contributed by atoms with Gasteiger partial charge in [-0.1, -0.05) is 37.3 Å². The fourth-order valence-corrected chi connectivity index (χ4v) is 3.88. The van der Waals surface area contributed by atoms with Crippen molar-refractivity contribution in [2.45, 2.75) is 29.9 Å². The van der Waals surface area contributed by atoms with E-state index in [1.54, 1.807) is 23.9 Å². The van der Waals surface area contributed by atoms with E-state index in [4.69, 9.17) is 0 Å². The van der Waals surface area contributed by atoms with Crippen LogP contribution in [0.25, 0.3) is 0 Å². The fourth-order valence-electron chi connectivity index (χ4n) is 2.78. The number of carbonyl (C=O) groups is 2. The molecule has 0 saturated heterocycles. The van der Waals surface area contributed by atoms with Crippen molar-refractivity contribution in [1.29, 1.82) is 0 Å². The van der Waals surface area contributed by atoms with E-state index in [2.05, 4.69) is 0 Å². The minimum absolute atomic E-state index is 0.0190. The van der Waals surface area contributed by atoms with Crippen molar-refractivity contribution in [1.82, 2.24) is 0 Å². The summed E-state index contributed by atoms with van der Waals surface area (Å²) in [6, 6.07) is 13.0. The Morgan fingerprint density at radius 1 is 1.23 bits per heavy atom. The third-order valence-electron chi connectivity index (χ3n) is 4.00. The first-order chi connectivity index (χ1) is 10.6. The zero-order valence-electron chi connectivity index (χ0n) is 12.2. The molecule has 3 nitrogen and oxygen atoms in total. The van der Waals surface area contributed by atoms with Crippen LogP contribution in [0, 0.1) is 0 Å². The Bertz CT molecular complexity index is 752. The molecule has 2 aromatic carbocycles. The number of carboxylic acids is 1. The van der Waals surface area contributed by atoms with Gasteiger partial charge in [0.15, 0.2) is 5.78 Å². The summed E-state index contributed by atoms with van der Waals surface area (Å²) < 4.78 is 0. The Labute approximate surface area is 133 Å². The van der Waals surface area contributed by atoms with Gasteiger partial charge >= 0.3 is 5.97 Å². The molecule has 112 valence electrons. The number of aliphatic carboxylic acids is 1. The van der Waals surface area contributed by atoms with Crippen LogP contribution in [0.15, 0.2) is 47.4 Å². The molecule has 0 spiro atoms. The Hall–Kier alpha value is -2.07. The number of carboxylic acid groups (broad SMARTS) is 1. The quantitative estimate of drug-likeness (QED) is 0.927. The Kier molecular flexibility index (Phi) is 4.03. The molecule has 1 aliphatic heterocycles. The van der Waals surface area contributed by atoms with Gasteiger partial charge in [-0.3, -0.25) is 9.59 Å². The zero-order valence-corrected chi connectivity index (χ0v) is 13.0. The van der Waals surface area contributed by atoms with Crippen molar-refractivity contribution < 1.29 is 14.7 Å². The summed E-state index contributed by atoms with van der Waals surface area (Å²) in [6.45, 7) is 1.86. The molecule has 0 aliphatic carbocycles. The second-order valence-electron chi connectivity index (χ2n) is 5.33. The van der Waals surface area contributed by atoms with Crippen LogP contribution in [0.5, 0.6) is 0 Å². The average molecular weight is 312 g/mol. The highest BCUT2D eigenvalue weighted by molar-refractivity contribution is 7.98. The first kappa shape index (κ1) is 14.9. The molecule has 0 fully saturated rings. The summed E-state index contributed by atoms with van der Waals surface area (Å²) >= 11 is 1.60. The lowest BCUT2D eigenvalue weighted by molar-refractivity contribution is -0.138. The van der Waals surface area contributed by atoms with Gasteiger partial charge < -0.3 is 5.11 Å². The SMILES string of the molecule is CC[C@@H](C(=O)O)c1ccc2c(c1)SCc1ccccc1C2=O. The highest BCUT2D eigenvalue weighted by Gasteiger charge is 2.24. The van der Waals surface area contributed by atoms with Crippen molar-refractivity contribution in [2.24, 2.45) is 0 Å². The van der Waals surface area contributed by atoms with Gasteiger partial charge in [0.25, 0.3) is 0 Å². The number of ketones is 1. The monoisotopic (exact) mass is 312 g/mol. The maximum atomic E-state index is 12.7. The predicted octanol–water partition coefficient (Wildman–Crippen LogP) is 4.10. The molecule has 1 aliphatic rings. The smallest absolute Gasteiger partial charge is 0.310 e. The van der Waals surface area contributed by atoms with Crippen LogP contribution in [0.1, 0.15) is 46.3 Å². The van der Waals surface area contributed by atoms with Crippen molar-refractivity contribution in [3.05, 3.63) is 64.7 Å². The summed E-state index contributed by atoms with van der Waals surface area (Å²) in [5.74, 6) is -0.602. The minimum Gasteiger partial charge on any atom is -0.481 e. The molecule has 0 saturated carbocycles. The number of rotatable bonds is 3. The first-order valence-corrected chi connectivity index (χ1v) is 8.22. The molecule has 2 aromatic rings. The van der Waals surface area contributed by atoms with Gasteiger partial charge in [-0.2, -0.15) is 0 Å². The van der Waals surface area contributed by atoms with Crippen LogP contribution >= 0.6 is 11.8 Å². The Morgan fingerprint density at radius 3 is 2.73 bits per heavy atom. The maximum absolute atomic E-state index is 12.7. The molecule has 0 radical (unpaired) electrons. The third kappa shape index (κ3) is 2.55. The third-order valence-corrected chi connectivity index (χ3v) is 5.11. The number of benzene rings is 2. The van der Waals surface area contributed by atoms with Gasteiger partial charge in [0.1, 0.15) is 0 Å². The topological polar surface area (TPSA) is 54.4 Å². The number of thioether (sulfide) groups is 1. The summed E-state index contributed by atoms with van der Waals surface area (Å²) in [5, 5.41) is 9.31. The van der Waals surface area contributed by atoms with E-state index in [1.807, 2.05) is 37.3 Å². The standard InChI is InChI=1S/C18H16O3S/c1-2-13(18(20)21)11-7-8-15-16(9-11)22-10-12-5-3-4-6-14(12)17(15)19/h3-9,13H,2,10H2,1H3,(H,20,21)/t13-/m1/s1. The molecule has 0 amide bonds.